The normalized spacial score (nSPS) is 12.1. The fourth-order valence-corrected chi connectivity index (χ4v) is 1.02. The summed E-state index contributed by atoms with van der Waals surface area (Å²) in [4.78, 5) is 20.9. The van der Waals surface area contributed by atoms with Crippen molar-refractivity contribution in [3.8, 4) is 0 Å². The van der Waals surface area contributed by atoms with E-state index in [1.807, 2.05) is 6.92 Å². The zero-order valence-electron chi connectivity index (χ0n) is 7.15. The molecule has 3 nitrogen and oxygen atoms in total. The molecule has 3 heteroatoms. The van der Waals surface area contributed by atoms with Crippen molar-refractivity contribution in [3.63, 3.8) is 0 Å². The van der Waals surface area contributed by atoms with Crippen molar-refractivity contribution in [2.75, 3.05) is 0 Å². The van der Waals surface area contributed by atoms with E-state index in [4.69, 9.17) is 5.11 Å². The second kappa shape index (κ2) is 3.85. The summed E-state index contributed by atoms with van der Waals surface area (Å²) < 4.78 is 0. The first-order valence-electron chi connectivity index (χ1n) is 3.82. The van der Waals surface area contributed by atoms with Crippen LogP contribution >= 0.6 is 0 Å². The highest BCUT2D eigenvalue weighted by atomic mass is 16.4. The fraction of sp³-hybridized carbons (Fsp3) is 0.200. The molecule has 1 rings (SSSR count). The Labute approximate surface area is 76.0 Å². The van der Waals surface area contributed by atoms with Crippen molar-refractivity contribution in [1.29, 1.82) is 0 Å². The van der Waals surface area contributed by atoms with E-state index >= 15 is 0 Å². The molecule has 0 saturated heterocycles. The summed E-state index contributed by atoms with van der Waals surface area (Å²) in [5, 5.41) is 8.63. The third kappa shape index (κ3) is 2.15. The Hall–Kier alpha value is -1.64. The van der Waals surface area contributed by atoms with Gasteiger partial charge in [-0.05, 0) is 12.5 Å². The highest BCUT2D eigenvalue weighted by molar-refractivity contribution is 5.93. The Morgan fingerprint density at radius 3 is 2.31 bits per heavy atom. The van der Waals surface area contributed by atoms with Crippen LogP contribution in [0.1, 0.15) is 17.0 Å². The number of rotatable bonds is 3. The summed E-state index contributed by atoms with van der Waals surface area (Å²) in [5.41, 5.74) is 1.49. The quantitative estimate of drug-likeness (QED) is 0.707. The summed E-state index contributed by atoms with van der Waals surface area (Å²) in [6.07, 6.45) is 1.49. The lowest BCUT2D eigenvalue weighted by atomic mass is 10.00. The SMILES string of the molecule is Cc1ccc(C([C]=O)C(=O)O)cc1. The Morgan fingerprint density at radius 2 is 1.92 bits per heavy atom. The summed E-state index contributed by atoms with van der Waals surface area (Å²) >= 11 is 0. The van der Waals surface area contributed by atoms with Gasteiger partial charge in [0.05, 0.1) is 0 Å². The molecule has 1 atom stereocenters. The zero-order valence-corrected chi connectivity index (χ0v) is 7.15. The molecule has 0 heterocycles. The van der Waals surface area contributed by atoms with Crippen LogP contribution in [0.4, 0.5) is 0 Å². The molecule has 13 heavy (non-hydrogen) atoms. The molecule has 0 spiro atoms. The number of aryl methyl sites for hydroxylation is 1. The van der Waals surface area contributed by atoms with Crippen LogP contribution in [0.5, 0.6) is 0 Å². The van der Waals surface area contributed by atoms with Crippen LogP contribution in [-0.4, -0.2) is 17.4 Å². The zero-order chi connectivity index (χ0) is 9.84. The minimum Gasteiger partial charge on any atom is -0.480 e. The van der Waals surface area contributed by atoms with Crippen LogP contribution < -0.4 is 0 Å². The lowest BCUT2D eigenvalue weighted by Crippen LogP contribution is -2.12. The Bertz CT molecular complexity index is 313. The molecule has 67 valence electrons. The topological polar surface area (TPSA) is 54.4 Å². The highest BCUT2D eigenvalue weighted by Gasteiger charge is 2.19. The van der Waals surface area contributed by atoms with Crippen molar-refractivity contribution in [1.82, 2.24) is 0 Å². The molecule has 0 amide bonds. The monoisotopic (exact) mass is 177 g/mol. The van der Waals surface area contributed by atoms with Gasteiger partial charge in [-0.2, -0.15) is 0 Å². The molecule has 0 bridgehead atoms. The van der Waals surface area contributed by atoms with E-state index in [1.165, 1.54) is 6.29 Å². The van der Waals surface area contributed by atoms with Gasteiger partial charge in [-0.25, -0.2) is 0 Å². The average Bonchev–Trinajstić information content (AvgIpc) is 2.09. The summed E-state index contributed by atoms with van der Waals surface area (Å²) in [6, 6.07) is 6.78. The highest BCUT2D eigenvalue weighted by Crippen LogP contribution is 2.14. The lowest BCUT2D eigenvalue weighted by Gasteiger charge is -2.03. The van der Waals surface area contributed by atoms with E-state index in [0.717, 1.165) is 5.56 Å². The van der Waals surface area contributed by atoms with Crippen LogP contribution in [0.3, 0.4) is 0 Å². The molecule has 0 aliphatic rings. The van der Waals surface area contributed by atoms with Crippen LogP contribution in [0.2, 0.25) is 0 Å². The second-order valence-electron chi connectivity index (χ2n) is 2.80. The van der Waals surface area contributed by atoms with E-state index < -0.39 is 11.9 Å². The smallest absolute Gasteiger partial charge is 0.319 e. The number of carbonyl (C=O) groups excluding carboxylic acids is 1. The minimum atomic E-state index is -1.17. The number of benzene rings is 1. The maximum absolute atomic E-state index is 10.6. The van der Waals surface area contributed by atoms with Gasteiger partial charge in [0.25, 0.3) is 0 Å². The summed E-state index contributed by atoms with van der Waals surface area (Å²) in [7, 11) is 0. The fourth-order valence-electron chi connectivity index (χ4n) is 1.02. The molecular formula is C10H9O3. The molecule has 0 saturated carbocycles. The molecule has 0 aromatic heterocycles. The number of aliphatic carboxylic acids is 1. The van der Waals surface area contributed by atoms with Crippen molar-refractivity contribution in [3.05, 3.63) is 35.4 Å². The van der Waals surface area contributed by atoms with Gasteiger partial charge in [-0.1, -0.05) is 29.8 Å². The largest absolute Gasteiger partial charge is 0.480 e. The van der Waals surface area contributed by atoms with Crippen LogP contribution in [0.25, 0.3) is 0 Å². The number of hydrogen-bond acceptors (Lipinski definition) is 2. The molecule has 1 radical (unpaired) electrons. The van der Waals surface area contributed by atoms with Gasteiger partial charge in [-0.15, -0.1) is 0 Å². The predicted molar refractivity (Wildman–Crippen MR) is 47.2 cm³/mol. The van der Waals surface area contributed by atoms with E-state index in [0.29, 0.717) is 5.56 Å². The minimum absolute atomic E-state index is 0.466. The molecule has 1 aromatic rings. The molecule has 1 N–H and O–H groups in total. The van der Waals surface area contributed by atoms with Crippen molar-refractivity contribution in [2.24, 2.45) is 0 Å². The Morgan fingerprint density at radius 1 is 1.38 bits per heavy atom. The number of carbonyl (C=O) groups is 1. The van der Waals surface area contributed by atoms with Crippen molar-refractivity contribution < 1.29 is 14.7 Å². The maximum Gasteiger partial charge on any atom is 0.319 e. The van der Waals surface area contributed by atoms with Gasteiger partial charge in [0, 0.05) is 0 Å². The van der Waals surface area contributed by atoms with Gasteiger partial charge in [-0.3, -0.25) is 9.59 Å². The van der Waals surface area contributed by atoms with Crippen LogP contribution in [0.15, 0.2) is 24.3 Å². The Kier molecular flexibility index (Phi) is 2.80. The third-order valence-corrected chi connectivity index (χ3v) is 1.78. The van der Waals surface area contributed by atoms with E-state index in [9.17, 15) is 9.59 Å². The van der Waals surface area contributed by atoms with Crippen molar-refractivity contribution >= 4 is 12.3 Å². The van der Waals surface area contributed by atoms with Crippen LogP contribution in [-0.2, 0) is 9.59 Å². The lowest BCUT2D eigenvalue weighted by molar-refractivity contribution is -0.137. The van der Waals surface area contributed by atoms with Gasteiger partial charge in [0.1, 0.15) is 5.92 Å². The van der Waals surface area contributed by atoms with Gasteiger partial charge in [0.2, 0.25) is 6.29 Å². The van der Waals surface area contributed by atoms with Crippen LogP contribution in [0, 0.1) is 6.92 Å². The summed E-state index contributed by atoms with van der Waals surface area (Å²) in [5.74, 6) is -2.33. The van der Waals surface area contributed by atoms with Gasteiger partial charge in [0.15, 0.2) is 0 Å². The number of carboxylic acids is 1. The number of carboxylic acid groups (broad SMARTS) is 1. The molecule has 0 fully saturated rings. The molecular weight excluding hydrogens is 168 g/mol. The summed E-state index contributed by atoms with van der Waals surface area (Å²) in [6.45, 7) is 1.89. The molecule has 0 aliphatic carbocycles. The Balaban J connectivity index is 2.99. The first-order chi connectivity index (χ1) is 6.15. The number of hydrogen-bond donors (Lipinski definition) is 1. The van der Waals surface area contributed by atoms with Gasteiger partial charge < -0.3 is 5.11 Å². The molecule has 1 aromatic carbocycles. The first kappa shape index (κ1) is 9.45. The van der Waals surface area contributed by atoms with E-state index in [1.54, 1.807) is 24.3 Å². The van der Waals surface area contributed by atoms with Crippen molar-refractivity contribution in [2.45, 2.75) is 12.8 Å². The van der Waals surface area contributed by atoms with E-state index in [2.05, 4.69) is 0 Å². The third-order valence-electron chi connectivity index (χ3n) is 1.78. The second-order valence-corrected chi connectivity index (χ2v) is 2.80. The molecule has 1 unspecified atom stereocenters. The first-order valence-corrected chi connectivity index (χ1v) is 3.82. The average molecular weight is 177 g/mol. The van der Waals surface area contributed by atoms with Gasteiger partial charge >= 0.3 is 5.97 Å². The maximum atomic E-state index is 10.6. The predicted octanol–water partition coefficient (Wildman–Crippen LogP) is 1.27. The van der Waals surface area contributed by atoms with E-state index in [-0.39, 0.29) is 0 Å². The molecule has 0 aliphatic heterocycles. The standard InChI is InChI=1S/C10H9O3/c1-7-2-4-8(5-3-7)9(6-11)10(12)13/h2-5,9H,1H3,(H,12,13).